The van der Waals surface area contributed by atoms with Crippen molar-refractivity contribution >= 4 is 18.2 Å². The van der Waals surface area contributed by atoms with Gasteiger partial charge in [0.15, 0.2) is 0 Å². The highest BCUT2D eigenvalue weighted by Crippen LogP contribution is 2.55. The predicted octanol–water partition coefficient (Wildman–Crippen LogP) is 6.04. The van der Waals surface area contributed by atoms with Gasteiger partial charge in [-0.15, -0.1) is 0 Å². The van der Waals surface area contributed by atoms with Gasteiger partial charge in [-0.05, 0) is 84.3 Å². The first-order valence-electron chi connectivity index (χ1n) is 25.3. The van der Waals surface area contributed by atoms with Crippen molar-refractivity contribution in [2.75, 3.05) is 0 Å². The Morgan fingerprint density at radius 1 is 0.746 bits per heavy atom. The van der Waals surface area contributed by atoms with Crippen LogP contribution in [0.5, 0.6) is 0 Å². The summed E-state index contributed by atoms with van der Waals surface area (Å²) in [6, 6.07) is 0. The van der Waals surface area contributed by atoms with Crippen LogP contribution in [0.3, 0.4) is 0 Å². The Bertz CT molecular complexity index is 2060. The van der Waals surface area contributed by atoms with Crippen LogP contribution < -0.4 is 0 Å². The number of aldehydes is 1. The van der Waals surface area contributed by atoms with E-state index in [-0.39, 0.29) is 103 Å². The fraction of sp³-hybridized carbons (Fsp3) is 0.827. The SMILES string of the molecule is C=C(C=O)CC1CC(OC(C)=O)C2(C)OC3CC4OC5CC6(C)OC7(C)CCC8OC9CC%10(C)OC%11C(C)=CC(=O)OC%11CC%10OC9CC(C)C8OC7CC6OC5(C)CC=CC4OC3CC2O1. The third-order valence-corrected chi connectivity index (χ3v) is 18.0. The highest BCUT2D eigenvalue weighted by molar-refractivity contribution is 5.84. The van der Waals surface area contributed by atoms with E-state index in [1.807, 2.05) is 13.8 Å². The standard InChI is InChI=1S/C52H72O15/c1-26(25-53)15-30-18-42(56-29(4)54)52(9)43(57-30)20-35-36(64-52)19-34-31(58-35)11-10-13-48(5)44(61-34)24-51(8)41(65-48)22-40-49(6,67-51)14-12-32-46(63-40)27(2)16-33-38(59-32)23-50(7)39(60-33)21-37-47(66-50)28(3)17-45(55)62-37/h10-11,17,25,27,30-44,46-47H,1,12-16,18-24H2,2-9H3. The van der Waals surface area contributed by atoms with Gasteiger partial charge < -0.3 is 56.8 Å². The van der Waals surface area contributed by atoms with Crippen LogP contribution in [0.15, 0.2) is 36.0 Å². The Balaban J connectivity index is 0.781. The third kappa shape index (κ3) is 8.14. The molecule has 11 rings (SSSR count). The molecule has 9 fully saturated rings. The topological polar surface area (TPSA) is 162 Å². The number of esters is 2. The molecule has 23 unspecified atom stereocenters. The summed E-state index contributed by atoms with van der Waals surface area (Å²) in [6.07, 6.45) is 9.29. The van der Waals surface area contributed by atoms with E-state index in [2.05, 4.69) is 53.3 Å². The zero-order valence-corrected chi connectivity index (χ0v) is 40.5. The molecule has 0 bridgehead atoms. The van der Waals surface area contributed by atoms with Crippen molar-refractivity contribution in [1.29, 1.82) is 0 Å². The lowest BCUT2D eigenvalue weighted by Crippen LogP contribution is -2.70. The maximum atomic E-state index is 12.4. The summed E-state index contributed by atoms with van der Waals surface area (Å²) in [6.45, 7) is 20.1. The summed E-state index contributed by atoms with van der Waals surface area (Å²) in [5.41, 5.74) is -2.06. The molecule has 0 N–H and O–H groups in total. The number of hydrogen-bond acceptors (Lipinski definition) is 15. The third-order valence-electron chi connectivity index (χ3n) is 18.0. The van der Waals surface area contributed by atoms with E-state index < -0.39 is 46.2 Å². The van der Waals surface area contributed by atoms with Gasteiger partial charge in [-0.25, -0.2) is 4.79 Å². The summed E-state index contributed by atoms with van der Waals surface area (Å²) in [7, 11) is 0. The molecule has 9 saturated heterocycles. The van der Waals surface area contributed by atoms with E-state index in [0.29, 0.717) is 63.4 Å². The van der Waals surface area contributed by atoms with Crippen LogP contribution in [0.2, 0.25) is 0 Å². The molecule has 11 aliphatic rings. The van der Waals surface area contributed by atoms with Gasteiger partial charge in [0.2, 0.25) is 0 Å². The van der Waals surface area contributed by atoms with Gasteiger partial charge in [0.1, 0.15) is 36.3 Å². The molecule has 11 heterocycles. The van der Waals surface area contributed by atoms with Crippen LogP contribution in [-0.4, -0.2) is 150 Å². The maximum absolute atomic E-state index is 12.4. The van der Waals surface area contributed by atoms with Crippen molar-refractivity contribution in [3.8, 4) is 0 Å². The molecule has 23 atom stereocenters. The zero-order valence-electron chi connectivity index (χ0n) is 40.5. The molecule has 0 aromatic carbocycles. The van der Waals surface area contributed by atoms with Crippen molar-refractivity contribution < 1.29 is 71.2 Å². The van der Waals surface area contributed by atoms with Crippen molar-refractivity contribution in [3.63, 3.8) is 0 Å². The van der Waals surface area contributed by atoms with Crippen LogP contribution in [0.4, 0.5) is 0 Å². The van der Waals surface area contributed by atoms with Crippen LogP contribution in [0, 0.1) is 5.92 Å². The Morgan fingerprint density at radius 2 is 1.51 bits per heavy atom. The summed E-state index contributed by atoms with van der Waals surface area (Å²) >= 11 is 0. The van der Waals surface area contributed by atoms with Gasteiger partial charge in [-0.2, -0.15) is 0 Å². The van der Waals surface area contributed by atoms with Crippen LogP contribution in [0.1, 0.15) is 132 Å². The number of carbonyl (C=O) groups excluding carboxylic acids is 3. The van der Waals surface area contributed by atoms with Crippen LogP contribution >= 0.6 is 0 Å². The fourth-order valence-corrected chi connectivity index (χ4v) is 14.3. The highest BCUT2D eigenvalue weighted by Gasteiger charge is 2.64. The number of hydrogen-bond donors (Lipinski definition) is 0. The van der Waals surface area contributed by atoms with Gasteiger partial charge in [0.05, 0.1) is 102 Å². The van der Waals surface area contributed by atoms with Gasteiger partial charge in [0, 0.05) is 64.4 Å². The highest BCUT2D eigenvalue weighted by atomic mass is 16.7. The average Bonchev–Trinajstić information content (AvgIpc) is 3.45. The van der Waals surface area contributed by atoms with E-state index >= 15 is 0 Å². The molecule has 15 nitrogen and oxygen atoms in total. The zero-order chi connectivity index (χ0) is 47.0. The lowest BCUT2D eigenvalue weighted by atomic mass is 9.72. The Kier molecular flexibility index (Phi) is 11.7. The second-order valence-electron chi connectivity index (χ2n) is 23.3. The molecule has 0 aliphatic carbocycles. The Morgan fingerprint density at radius 3 is 2.30 bits per heavy atom. The molecule has 67 heavy (non-hydrogen) atoms. The van der Waals surface area contributed by atoms with E-state index in [9.17, 15) is 14.4 Å². The smallest absolute Gasteiger partial charge is 0.331 e. The number of rotatable bonds is 4. The Hall–Kier alpha value is -2.57. The maximum Gasteiger partial charge on any atom is 0.331 e. The molecular weight excluding hydrogens is 865 g/mol. The summed E-state index contributed by atoms with van der Waals surface area (Å²) < 4.78 is 82.0. The molecule has 0 saturated carbocycles. The second kappa shape index (κ2) is 16.8. The predicted molar refractivity (Wildman–Crippen MR) is 238 cm³/mol. The first kappa shape index (κ1) is 46.8. The van der Waals surface area contributed by atoms with Crippen LogP contribution in [0.25, 0.3) is 0 Å². The van der Waals surface area contributed by atoms with E-state index in [1.165, 1.54) is 6.92 Å². The summed E-state index contributed by atoms with van der Waals surface area (Å²) in [5.74, 6) is -0.550. The molecule has 0 aromatic heterocycles. The Labute approximate surface area is 394 Å². The monoisotopic (exact) mass is 936 g/mol. The van der Waals surface area contributed by atoms with Crippen molar-refractivity contribution in [1.82, 2.24) is 0 Å². The lowest BCUT2D eigenvalue weighted by molar-refractivity contribution is -0.356. The van der Waals surface area contributed by atoms with Crippen LogP contribution in [-0.2, 0) is 71.2 Å². The molecule has 0 aromatic rings. The number of ether oxygens (including phenoxy) is 12. The quantitative estimate of drug-likeness (QED) is 0.139. The van der Waals surface area contributed by atoms with Gasteiger partial charge >= 0.3 is 11.9 Å². The molecular formula is C52H72O15. The summed E-state index contributed by atoms with van der Waals surface area (Å²) in [4.78, 5) is 36.1. The largest absolute Gasteiger partial charge is 0.459 e. The summed E-state index contributed by atoms with van der Waals surface area (Å²) in [5, 5.41) is 0. The minimum Gasteiger partial charge on any atom is -0.459 e. The van der Waals surface area contributed by atoms with Gasteiger partial charge in [-0.3, -0.25) is 9.59 Å². The minimum absolute atomic E-state index is 0.125. The van der Waals surface area contributed by atoms with Crippen molar-refractivity contribution in [2.45, 2.75) is 264 Å². The van der Waals surface area contributed by atoms with Gasteiger partial charge in [0.25, 0.3) is 0 Å². The molecule has 0 radical (unpaired) electrons. The van der Waals surface area contributed by atoms with Crippen molar-refractivity contribution in [3.05, 3.63) is 36.0 Å². The van der Waals surface area contributed by atoms with E-state index in [4.69, 9.17) is 56.8 Å². The van der Waals surface area contributed by atoms with E-state index in [1.54, 1.807) is 6.08 Å². The number of fused-ring (bicyclic) bond motifs is 10. The fourth-order valence-electron chi connectivity index (χ4n) is 14.3. The lowest BCUT2D eigenvalue weighted by Gasteiger charge is -2.61. The van der Waals surface area contributed by atoms with Crippen molar-refractivity contribution in [2.24, 2.45) is 5.92 Å². The second-order valence-corrected chi connectivity index (χ2v) is 23.3. The normalized spacial score (nSPS) is 54.3. The molecule has 370 valence electrons. The number of carbonyl (C=O) groups is 3. The first-order chi connectivity index (χ1) is 31.7. The molecule has 0 spiro atoms. The first-order valence-corrected chi connectivity index (χ1v) is 25.3. The van der Waals surface area contributed by atoms with Gasteiger partial charge in [-0.1, -0.05) is 25.7 Å². The van der Waals surface area contributed by atoms with E-state index in [0.717, 1.165) is 31.1 Å². The molecule has 15 heteroatoms. The molecule has 0 amide bonds. The average molecular weight is 937 g/mol. The minimum atomic E-state index is -0.920. The molecule has 11 aliphatic heterocycles.